The first-order valence-corrected chi connectivity index (χ1v) is 4.73. The van der Waals surface area contributed by atoms with Crippen LogP contribution in [0.25, 0.3) is 0 Å². The summed E-state index contributed by atoms with van der Waals surface area (Å²) in [4.78, 5) is 0. The third-order valence-corrected chi connectivity index (χ3v) is 2.02. The SMILES string of the molecule is CC(O)c1ccccc1NC=C(C#N)C#N. The molecule has 0 aromatic heterocycles. The summed E-state index contributed by atoms with van der Waals surface area (Å²) in [5.41, 5.74) is 1.38. The van der Waals surface area contributed by atoms with Crippen LogP contribution >= 0.6 is 0 Å². The molecule has 1 aromatic carbocycles. The Morgan fingerprint density at radius 3 is 2.56 bits per heavy atom. The van der Waals surface area contributed by atoms with Crippen molar-refractivity contribution in [2.45, 2.75) is 13.0 Å². The Bertz CT molecular complexity index is 462. The smallest absolute Gasteiger partial charge is 0.145 e. The van der Waals surface area contributed by atoms with Gasteiger partial charge in [0.1, 0.15) is 17.7 Å². The van der Waals surface area contributed by atoms with E-state index in [1.54, 1.807) is 37.3 Å². The first kappa shape index (κ1) is 11.8. The van der Waals surface area contributed by atoms with Crippen molar-refractivity contribution in [2.24, 2.45) is 0 Å². The molecule has 0 aliphatic heterocycles. The molecular formula is C12H11N3O. The Balaban J connectivity index is 2.95. The number of aliphatic hydroxyl groups excluding tert-OH is 1. The van der Waals surface area contributed by atoms with Gasteiger partial charge in [0, 0.05) is 17.5 Å². The highest BCUT2D eigenvalue weighted by atomic mass is 16.3. The van der Waals surface area contributed by atoms with Crippen LogP contribution in [0.2, 0.25) is 0 Å². The van der Waals surface area contributed by atoms with Crippen molar-refractivity contribution in [2.75, 3.05) is 5.32 Å². The molecule has 0 saturated carbocycles. The van der Waals surface area contributed by atoms with E-state index in [1.165, 1.54) is 6.20 Å². The average molecular weight is 213 g/mol. The molecule has 1 atom stereocenters. The maximum Gasteiger partial charge on any atom is 0.145 e. The van der Waals surface area contributed by atoms with Crippen LogP contribution in [0.5, 0.6) is 0 Å². The monoisotopic (exact) mass is 213 g/mol. The highest BCUT2D eigenvalue weighted by Crippen LogP contribution is 2.22. The fourth-order valence-electron chi connectivity index (χ4n) is 1.23. The van der Waals surface area contributed by atoms with Gasteiger partial charge in [0.2, 0.25) is 0 Å². The lowest BCUT2D eigenvalue weighted by atomic mass is 10.1. The largest absolute Gasteiger partial charge is 0.389 e. The lowest BCUT2D eigenvalue weighted by Crippen LogP contribution is -1.98. The lowest BCUT2D eigenvalue weighted by Gasteiger charge is -2.10. The number of allylic oxidation sites excluding steroid dienone is 1. The predicted molar refractivity (Wildman–Crippen MR) is 60.0 cm³/mol. The summed E-state index contributed by atoms with van der Waals surface area (Å²) in [5.74, 6) is 0. The van der Waals surface area contributed by atoms with E-state index in [0.717, 1.165) is 0 Å². The molecular weight excluding hydrogens is 202 g/mol. The number of nitrogens with one attached hydrogen (secondary N) is 1. The Labute approximate surface area is 94.1 Å². The van der Waals surface area contributed by atoms with Gasteiger partial charge in [-0.25, -0.2) is 0 Å². The van der Waals surface area contributed by atoms with Crippen LogP contribution in [-0.2, 0) is 0 Å². The van der Waals surface area contributed by atoms with Gasteiger partial charge in [0.25, 0.3) is 0 Å². The predicted octanol–water partition coefficient (Wildman–Crippen LogP) is 2.08. The number of rotatable bonds is 3. The number of aliphatic hydroxyl groups is 1. The molecule has 0 saturated heterocycles. The molecule has 2 N–H and O–H groups in total. The summed E-state index contributed by atoms with van der Waals surface area (Å²) < 4.78 is 0. The molecule has 0 aliphatic rings. The first-order chi connectivity index (χ1) is 7.69. The van der Waals surface area contributed by atoms with E-state index in [4.69, 9.17) is 10.5 Å². The molecule has 4 nitrogen and oxygen atoms in total. The normalized spacial score (nSPS) is 10.8. The lowest BCUT2D eigenvalue weighted by molar-refractivity contribution is 0.200. The van der Waals surface area contributed by atoms with E-state index in [0.29, 0.717) is 11.3 Å². The van der Waals surface area contributed by atoms with Crippen LogP contribution in [0.4, 0.5) is 5.69 Å². The standard InChI is InChI=1S/C12H11N3O/c1-9(16)11-4-2-3-5-12(11)15-8-10(6-13)7-14/h2-5,8-9,15-16H,1H3. The summed E-state index contributed by atoms with van der Waals surface area (Å²) in [6.45, 7) is 1.65. The molecule has 16 heavy (non-hydrogen) atoms. The van der Waals surface area contributed by atoms with Gasteiger partial charge in [-0.05, 0) is 13.0 Å². The van der Waals surface area contributed by atoms with Crippen molar-refractivity contribution in [3.63, 3.8) is 0 Å². The zero-order valence-electron chi connectivity index (χ0n) is 8.81. The fourth-order valence-corrected chi connectivity index (χ4v) is 1.23. The van der Waals surface area contributed by atoms with E-state index in [2.05, 4.69) is 5.32 Å². The second-order valence-electron chi connectivity index (χ2n) is 3.19. The maximum absolute atomic E-state index is 9.49. The second-order valence-corrected chi connectivity index (χ2v) is 3.19. The van der Waals surface area contributed by atoms with E-state index >= 15 is 0 Å². The molecule has 80 valence electrons. The quantitative estimate of drug-likeness (QED) is 0.753. The second kappa shape index (κ2) is 5.55. The molecule has 0 fully saturated rings. The Morgan fingerprint density at radius 2 is 2.00 bits per heavy atom. The number of nitriles is 2. The molecule has 0 spiro atoms. The molecule has 0 aliphatic carbocycles. The third-order valence-electron chi connectivity index (χ3n) is 2.02. The minimum absolute atomic E-state index is 0.0135. The van der Waals surface area contributed by atoms with Crippen LogP contribution in [-0.4, -0.2) is 5.11 Å². The average Bonchev–Trinajstić information content (AvgIpc) is 2.30. The van der Waals surface area contributed by atoms with Gasteiger partial charge in [0.15, 0.2) is 0 Å². The van der Waals surface area contributed by atoms with E-state index in [1.807, 2.05) is 6.07 Å². The van der Waals surface area contributed by atoms with Gasteiger partial charge in [-0.3, -0.25) is 0 Å². The highest BCUT2D eigenvalue weighted by Gasteiger charge is 2.05. The Morgan fingerprint density at radius 1 is 1.38 bits per heavy atom. The topological polar surface area (TPSA) is 79.8 Å². The molecule has 0 heterocycles. The van der Waals surface area contributed by atoms with Crippen molar-refractivity contribution in [1.29, 1.82) is 10.5 Å². The molecule has 0 bridgehead atoms. The van der Waals surface area contributed by atoms with Crippen LogP contribution in [0.3, 0.4) is 0 Å². The van der Waals surface area contributed by atoms with Gasteiger partial charge in [-0.2, -0.15) is 10.5 Å². The zero-order chi connectivity index (χ0) is 12.0. The zero-order valence-corrected chi connectivity index (χ0v) is 8.81. The summed E-state index contributed by atoms with van der Waals surface area (Å²) in [7, 11) is 0. The number of nitrogens with zero attached hydrogens (tertiary/aromatic N) is 2. The fraction of sp³-hybridized carbons (Fsp3) is 0.167. The first-order valence-electron chi connectivity index (χ1n) is 4.73. The van der Waals surface area contributed by atoms with E-state index < -0.39 is 6.10 Å². The Kier molecular flexibility index (Phi) is 4.08. The minimum Gasteiger partial charge on any atom is -0.389 e. The number of hydrogen-bond donors (Lipinski definition) is 2. The van der Waals surface area contributed by atoms with Crippen LogP contribution in [0, 0.1) is 22.7 Å². The third kappa shape index (κ3) is 2.84. The van der Waals surface area contributed by atoms with Crippen molar-refractivity contribution in [3.05, 3.63) is 41.6 Å². The van der Waals surface area contributed by atoms with Gasteiger partial charge in [-0.15, -0.1) is 0 Å². The molecule has 1 aromatic rings. The molecule has 0 radical (unpaired) electrons. The Hall–Kier alpha value is -2.30. The number of benzene rings is 1. The van der Waals surface area contributed by atoms with Gasteiger partial charge < -0.3 is 10.4 Å². The summed E-state index contributed by atoms with van der Waals surface area (Å²) in [6, 6.07) is 10.7. The highest BCUT2D eigenvalue weighted by molar-refractivity contribution is 5.55. The summed E-state index contributed by atoms with van der Waals surface area (Å²) in [6.07, 6.45) is 0.714. The van der Waals surface area contributed by atoms with Crippen molar-refractivity contribution in [3.8, 4) is 12.1 Å². The number of anilines is 1. The number of para-hydroxylation sites is 1. The van der Waals surface area contributed by atoms with Crippen LogP contribution in [0.1, 0.15) is 18.6 Å². The van der Waals surface area contributed by atoms with Crippen LogP contribution < -0.4 is 5.32 Å². The molecule has 1 unspecified atom stereocenters. The van der Waals surface area contributed by atoms with Crippen molar-refractivity contribution >= 4 is 5.69 Å². The van der Waals surface area contributed by atoms with Gasteiger partial charge in [0.05, 0.1) is 6.10 Å². The van der Waals surface area contributed by atoms with E-state index in [9.17, 15) is 5.11 Å². The van der Waals surface area contributed by atoms with Crippen LogP contribution in [0.15, 0.2) is 36.0 Å². The van der Waals surface area contributed by atoms with Gasteiger partial charge in [-0.1, -0.05) is 18.2 Å². The minimum atomic E-state index is -0.607. The van der Waals surface area contributed by atoms with E-state index in [-0.39, 0.29) is 5.57 Å². The maximum atomic E-state index is 9.49. The molecule has 4 heteroatoms. The summed E-state index contributed by atoms with van der Waals surface area (Å²) >= 11 is 0. The number of hydrogen-bond acceptors (Lipinski definition) is 4. The van der Waals surface area contributed by atoms with Crippen molar-refractivity contribution in [1.82, 2.24) is 0 Å². The molecule has 0 amide bonds. The van der Waals surface area contributed by atoms with Gasteiger partial charge >= 0.3 is 0 Å². The van der Waals surface area contributed by atoms with Crippen molar-refractivity contribution < 1.29 is 5.11 Å². The molecule has 1 rings (SSSR count). The summed E-state index contributed by atoms with van der Waals surface area (Å²) in [5, 5.41) is 29.4.